The zero-order valence-electron chi connectivity index (χ0n) is 12.3. The van der Waals surface area contributed by atoms with Crippen molar-refractivity contribution in [3.05, 3.63) is 11.6 Å². The van der Waals surface area contributed by atoms with E-state index in [0.29, 0.717) is 17.9 Å². The molecule has 1 aliphatic heterocycles. The molecule has 1 unspecified atom stereocenters. The average Bonchev–Trinajstić information content (AvgIpc) is 3.38. The second-order valence-electron chi connectivity index (χ2n) is 6.51. The average molecular weight is 291 g/mol. The molecule has 3 fully saturated rings. The molecule has 0 aromatic carbocycles. The van der Waals surface area contributed by atoms with Crippen LogP contribution in [0.3, 0.4) is 0 Å². The van der Waals surface area contributed by atoms with Crippen LogP contribution in [0.15, 0.2) is 0 Å². The summed E-state index contributed by atoms with van der Waals surface area (Å²) in [5.74, 6) is 2.30. The summed E-state index contributed by atoms with van der Waals surface area (Å²) < 4.78 is 10.5. The number of esters is 1. The Bertz CT molecular complexity index is 550. The second-order valence-corrected chi connectivity index (χ2v) is 6.51. The zero-order valence-corrected chi connectivity index (χ0v) is 12.3. The molecule has 1 aromatic heterocycles. The molecule has 0 bridgehead atoms. The highest BCUT2D eigenvalue weighted by molar-refractivity contribution is 5.77. The van der Waals surface area contributed by atoms with Gasteiger partial charge in [0, 0.05) is 25.0 Å². The number of carbonyl (C=O) groups excluding carboxylic acids is 1. The minimum Gasteiger partial charge on any atom is -0.466 e. The van der Waals surface area contributed by atoms with Gasteiger partial charge in [-0.05, 0) is 38.0 Å². The summed E-state index contributed by atoms with van der Waals surface area (Å²) in [5, 5.41) is 7.43. The van der Waals surface area contributed by atoms with Crippen LogP contribution >= 0.6 is 0 Å². The van der Waals surface area contributed by atoms with Crippen molar-refractivity contribution in [2.45, 2.75) is 44.4 Å². The lowest BCUT2D eigenvalue weighted by Crippen LogP contribution is -2.18. The summed E-state index contributed by atoms with van der Waals surface area (Å²) in [6.45, 7) is 4.00. The van der Waals surface area contributed by atoms with Crippen LogP contribution in [-0.2, 0) is 14.3 Å². The first kappa shape index (κ1) is 13.2. The van der Waals surface area contributed by atoms with E-state index in [2.05, 4.69) is 15.2 Å². The molecule has 1 aromatic rings. The van der Waals surface area contributed by atoms with Crippen LogP contribution in [0.5, 0.6) is 0 Å². The SMILES string of the molecule is CCOC(=O)[C@@H]1C[C@H]1c1n[nH]c(C2CC23CCOCC3)n1. The normalized spacial score (nSPS) is 32.9. The number of hydrogen-bond donors (Lipinski definition) is 1. The molecule has 6 nitrogen and oxygen atoms in total. The number of hydrogen-bond acceptors (Lipinski definition) is 5. The maximum absolute atomic E-state index is 11.7. The lowest BCUT2D eigenvalue weighted by molar-refractivity contribution is -0.144. The smallest absolute Gasteiger partial charge is 0.309 e. The molecule has 2 saturated carbocycles. The number of ether oxygens (including phenoxy) is 2. The van der Waals surface area contributed by atoms with Gasteiger partial charge in [0.05, 0.1) is 12.5 Å². The first-order valence-electron chi connectivity index (χ1n) is 7.90. The van der Waals surface area contributed by atoms with E-state index >= 15 is 0 Å². The lowest BCUT2D eigenvalue weighted by Gasteiger charge is -2.22. The minimum absolute atomic E-state index is 0.0372. The van der Waals surface area contributed by atoms with Crippen LogP contribution in [0.4, 0.5) is 0 Å². The van der Waals surface area contributed by atoms with Gasteiger partial charge < -0.3 is 9.47 Å². The maximum atomic E-state index is 11.7. The van der Waals surface area contributed by atoms with Crippen LogP contribution in [0.25, 0.3) is 0 Å². The Kier molecular flexibility index (Phi) is 3.03. The van der Waals surface area contributed by atoms with Crippen molar-refractivity contribution in [2.75, 3.05) is 19.8 Å². The van der Waals surface area contributed by atoms with Gasteiger partial charge in [0.25, 0.3) is 0 Å². The van der Waals surface area contributed by atoms with Crippen molar-refractivity contribution in [1.82, 2.24) is 15.2 Å². The van der Waals surface area contributed by atoms with Crippen LogP contribution in [0.1, 0.15) is 56.1 Å². The first-order valence-corrected chi connectivity index (χ1v) is 7.90. The third kappa shape index (κ3) is 2.25. The quantitative estimate of drug-likeness (QED) is 0.855. The van der Waals surface area contributed by atoms with Gasteiger partial charge in [0.1, 0.15) is 5.82 Å². The molecule has 1 saturated heterocycles. The predicted molar refractivity (Wildman–Crippen MR) is 73.7 cm³/mol. The summed E-state index contributed by atoms with van der Waals surface area (Å²) in [4.78, 5) is 16.3. The Morgan fingerprint density at radius 3 is 3.05 bits per heavy atom. The Hall–Kier alpha value is -1.43. The standard InChI is InChI=1S/C15H21N3O3/c1-2-21-14(19)10-7-9(10)12-16-13(18-17-12)11-8-15(11)3-5-20-6-4-15/h9-11H,2-8H2,1H3,(H,16,17,18)/t9-,10-,11?/m1/s1. The van der Waals surface area contributed by atoms with Crippen molar-refractivity contribution >= 4 is 5.97 Å². The van der Waals surface area contributed by atoms with E-state index in [0.717, 1.165) is 44.1 Å². The molecule has 114 valence electrons. The molecule has 1 spiro atoms. The fourth-order valence-corrected chi connectivity index (χ4v) is 3.66. The van der Waals surface area contributed by atoms with Gasteiger partial charge in [-0.15, -0.1) is 0 Å². The molecule has 1 N–H and O–H groups in total. The van der Waals surface area contributed by atoms with Gasteiger partial charge in [-0.1, -0.05) is 0 Å². The van der Waals surface area contributed by atoms with E-state index in [1.807, 2.05) is 6.92 Å². The summed E-state index contributed by atoms with van der Waals surface area (Å²) in [7, 11) is 0. The van der Waals surface area contributed by atoms with Crippen molar-refractivity contribution < 1.29 is 14.3 Å². The van der Waals surface area contributed by atoms with E-state index in [4.69, 9.17) is 9.47 Å². The van der Waals surface area contributed by atoms with Crippen LogP contribution < -0.4 is 0 Å². The van der Waals surface area contributed by atoms with Gasteiger partial charge >= 0.3 is 5.97 Å². The fourth-order valence-electron chi connectivity index (χ4n) is 3.66. The van der Waals surface area contributed by atoms with Crippen molar-refractivity contribution in [3.8, 4) is 0 Å². The minimum atomic E-state index is -0.110. The summed E-state index contributed by atoms with van der Waals surface area (Å²) in [5.41, 5.74) is 0.402. The van der Waals surface area contributed by atoms with Gasteiger partial charge in [-0.2, -0.15) is 5.10 Å². The molecule has 6 heteroatoms. The molecule has 21 heavy (non-hydrogen) atoms. The summed E-state index contributed by atoms with van der Waals surface area (Å²) in [6.07, 6.45) is 4.27. The van der Waals surface area contributed by atoms with E-state index in [-0.39, 0.29) is 17.8 Å². The second kappa shape index (κ2) is 4.80. The van der Waals surface area contributed by atoms with Crippen LogP contribution in [0.2, 0.25) is 0 Å². The van der Waals surface area contributed by atoms with Gasteiger partial charge in [-0.3, -0.25) is 9.89 Å². The Morgan fingerprint density at radius 2 is 2.29 bits per heavy atom. The monoisotopic (exact) mass is 291 g/mol. The highest BCUT2D eigenvalue weighted by atomic mass is 16.5. The molecule has 4 rings (SSSR count). The number of nitrogens with zero attached hydrogens (tertiary/aromatic N) is 2. The summed E-state index contributed by atoms with van der Waals surface area (Å²) in [6, 6.07) is 0. The third-order valence-electron chi connectivity index (χ3n) is 5.24. The van der Waals surface area contributed by atoms with Gasteiger partial charge in [-0.25, -0.2) is 4.98 Å². The Morgan fingerprint density at radius 1 is 1.48 bits per heavy atom. The molecule has 2 aliphatic carbocycles. The maximum Gasteiger partial charge on any atom is 0.309 e. The molecule has 0 radical (unpaired) electrons. The van der Waals surface area contributed by atoms with Crippen molar-refractivity contribution in [1.29, 1.82) is 0 Å². The van der Waals surface area contributed by atoms with Crippen molar-refractivity contribution in [3.63, 3.8) is 0 Å². The summed E-state index contributed by atoms with van der Waals surface area (Å²) >= 11 is 0. The van der Waals surface area contributed by atoms with Gasteiger partial charge in [0.15, 0.2) is 5.82 Å². The number of aromatic nitrogens is 3. The first-order chi connectivity index (χ1) is 10.2. The number of nitrogens with one attached hydrogen (secondary N) is 1. The third-order valence-corrected chi connectivity index (χ3v) is 5.24. The van der Waals surface area contributed by atoms with E-state index in [9.17, 15) is 4.79 Å². The van der Waals surface area contributed by atoms with Crippen LogP contribution in [-0.4, -0.2) is 41.0 Å². The highest BCUT2D eigenvalue weighted by Crippen LogP contribution is 2.64. The molecule has 3 aliphatic rings. The molecular weight excluding hydrogens is 270 g/mol. The van der Waals surface area contributed by atoms with E-state index in [1.54, 1.807) is 0 Å². The lowest BCUT2D eigenvalue weighted by atomic mass is 9.94. The number of aromatic amines is 1. The molecule has 3 atom stereocenters. The van der Waals surface area contributed by atoms with E-state index < -0.39 is 0 Å². The Labute approximate surface area is 123 Å². The zero-order chi connectivity index (χ0) is 14.4. The van der Waals surface area contributed by atoms with Crippen molar-refractivity contribution in [2.24, 2.45) is 11.3 Å². The number of H-pyrrole nitrogens is 1. The topological polar surface area (TPSA) is 77.1 Å². The number of carbonyl (C=O) groups is 1. The molecule has 2 heterocycles. The fraction of sp³-hybridized carbons (Fsp3) is 0.800. The number of rotatable bonds is 4. The Balaban J connectivity index is 1.40. The molecule has 0 amide bonds. The van der Waals surface area contributed by atoms with E-state index in [1.165, 1.54) is 6.42 Å². The molecular formula is C15H21N3O3. The predicted octanol–water partition coefficient (Wildman–Crippen LogP) is 1.76. The van der Waals surface area contributed by atoms with Crippen LogP contribution in [0, 0.1) is 11.3 Å². The highest BCUT2D eigenvalue weighted by Gasteiger charge is 2.57. The van der Waals surface area contributed by atoms with Gasteiger partial charge in [0.2, 0.25) is 0 Å². The largest absolute Gasteiger partial charge is 0.466 e.